The van der Waals surface area contributed by atoms with Gasteiger partial charge < -0.3 is 5.32 Å². The molecule has 1 amide bonds. The van der Waals surface area contributed by atoms with E-state index in [0.717, 1.165) is 3.57 Å². The number of nitrogens with zero attached hydrogens (tertiary/aromatic N) is 1. The Labute approximate surface area is 111 Å². The summed E-state index contributed by atoms with van der Waals surface area (Å²) in [5, 5.41) is 2.60. The van der Waals surface area contributed by atoms with Crippen LogP contribution in [0.1, 0.15) is 10.4 Å². The van der Waals surface area contributed by atoms with E-state index in [1.807, 2.05) is 12.1 Å². The number of halogens is 2. The summed E-state index contributed by atoms with van der Waals surface area (Å²) in [5.41, 5.74) is 0.560. The van der Waals surface area contributed by atoms with Crippen molar-refractivity contribution >= 4 is 34.2 Å². The minimum absolute atomic E-state index is 0.0638. The molecule has 1 heterocycles. The summed E-state index contributed by atoms with van der Waals surface area (Å²) in [6.45, 7) is 0. The van der Waals surface area contributed by atoms with E-state index in [-0.39, 0.29) is 5.56 Å². The zero-order valence-electron chi connectivity index (χ0n) is 8.65. The Morgan fingerprint density at radius 2 is 1.94 bits per heavy atom. The van der Waals surface area contributed by atoms with Crippen LogP contribution >= 0.6 is 22.6 Å². The van der Waals surface area contributed by atoms with E-state index in [9.17, 15) is 9.18 Å². The van der Waals surface area contributed by atoms with Gasteiger partial charge in [0.2, 0.25) is 5.95 Å². The van der Waals surface area contributed by atoms with Gasteiger partial charge in [-0.25, -0.2) is 4.98 Å². The van der Waals surface area contributed by atoms with Crippen LogP contribution in [0.5, 0.6) is 0 Å². The first kappa shape index (κ1) is 12.0. The van der Waals surface area contributed by atoms with Gasteiger partial charge in [0, 0.05) is 15.5 Å². The standard InChI is InChI=1S/C12H8FIN2O/c13-11-10(2-1-7-15-11)12(17)16-9-5-3-8(14)4-6-9/h1-7H,(H,16,17). The fourth-order valence-electron chi connectivity index (χ4n) is 1.29. The molecule has 0 unspecified atom stereocenters. The Hall–Kier alpha value is -1.50. The highest BCUT2D eigenvalue weighted by molar-refractivity contribution is 14.1. The minimum atomic E-state index is -0.768. The number of rotatable bonds is 2. The molecule has 17 heavy (non-hydrogen) atoms. The third kappa shape index (κ3) is 3.00. The number of hydrogen-bond donors (Lipinski definition) is 1. The van der Waals surface area contributed by atoms with E-state index in [0.29, 0.717) is 5.69 Å². The summed E-state index contributed by atoms with van der Waals surface area (Å²) in [4.78, 5) is 15.2. The molecule has 86 valence electrons. The average Bonchev–Trinajstić information content (AvgIpc) is 2.32. The summed E-state index contributed by atoms with van der Waals surface area (Å²) >= 11 is 2.16. The number of amides is 1. The van der Waals surface area contributed by atoms with Crippen molar-refractivity contribution in [1.29, 1.82) is 0 Å². The van der Waals surface area contributed by atoms with Crippen LogP contribution in [-0.4, -0.2) is 10.9 Å². The second-order valence-electron chi connectivity index (χ2n) is 3.30. The predicted octanol–water partition coefficient (Wildman–Crippen LogP) is 3.08. The van der Waals surface area contributed by atoms with Crippen LogP contribution in [0.4, 0.5) is 10.1 Å². The van der Waals surface area contributed by atoms with E-state index < -0.39 is 11.9 Å². The second-order valence-corrected chi connectivity index (χ2v) is 4.55. The van der Waals surface area contributed by atoms with Gasteiger partial charge in [-0.3, -0.25) is 4.79 Å². The van der Waals surface area contributed by atoms with Gasteiger partial charge in [0.05, 0.1) is 5.56 Å². The molecule has 5 heteroatoms. The van der Waals surface area contributed by atoms with Crippen LogP contribution in [0.3, 0.4) is 0 Å². The largest absolute Gasteiger partial charge is 0.322 e. The van der Waals surface area contributed by atoms with Gasteiger partial charge in [-0.2, -0.15) is 4.39 Å². The number of hydrogen-bond acceptors (Lipinski definition) is 2. The molecule has 1 aromatic heterocycles. The minimum Gasteiger partial charge on any atom is -0.322 e. The normalized spacial score (nSPS) is 10.0. The first-order valence-corrected chi connectivity index (χ1v) is 5.92. The monoisotopic (exact) mass is 342 g/mol. The first-order chi connectivity index (χ1) is 8.16. The van der Waals surface area contributed by atoms with E-state index in [1.54, 1.807) is 12.1 Å². The van der Waals surface area contributed by atoms with Gasteiger partial charge in [0.15, 0.2) is 0 Å². The van der Waals surface area contributed by atoms with E-state index in [1.165, 1.54) is 18.3 Å². The fraction of sp³-hybridized carbons (Fsp3) is 0. The lowest BCUT2D eigenvalue weighted by molar-refractivity contribution is 0.102. The van der Waals surface area contributed by atoms with Crippen molar-refractivity contribution in [2.75, 3.05) is 5.32 Å². The zero-order valence-corrected chi connectivity index (χ0v) is 10.8. The Morgan fingerprint density at radius 3 is 2.59 bits per heavy atom. The molecule has 0 atom stereocenters. The van der Waals surface area contributed by atoms with Crippen LogP contribution in [-0.2, 0) is 0 Å². The van der Waals surface area contributed by atoms with Crippen molar-refractivity contribution in [3.8, 4) is 0 Å². The number of carbonyl (C=O) groups is 1. The number of aromatic nitrogens is 1. The zero-order chi connectivity index (χ0) is 12.3. The number of carbonyl (C=O) groups excluding carboxylic acids is 1. The van der Waals surface area contributed by atoms with Crippen LogP contribution in [0.15, 0.2) is 42.6 Å². The van der Waals surface area contributed by atoms with Gasteiger partial charge in [-0.1, -0.05) is 0 Å². The summed E-state index contributed by atoms with van der Waals surface area (Å²) in [6, 6.07) is 10.1. The maximum Gasteiger partial charge on any atom is 0.260 e. The average molecular weight is 342 g/mol. The third-order valence-electron chi connectivity index (χ3n) is 2.11. The first-order valence-electron chi connectivity index (χ1n) is 4.84. The van der Waals surface area contributed by atoms with E-state index in [4.69, 9.17) is 0 Å². The Balaban J connectivity index is 2.17. The Morgan fingerprint density at radius 1 is 1.24 bits per heavy atom. The van der Waals surface area contributed by atoms with Crippen molar-refractivity contribution in [3.63, 3.8) is 0 Å². The van der Waals surface area contributed by atoms with Gasteiger partial charge in [0.25, 0.3) is 5.91 Å². The molecule has 0 radical (unpaired) electrons. The van der Waals surface area contributed by atoms with Crippen LogP contribution < -0.4 is 5.32 Å². The molecule has 0 bridgehead atoms. The van der Waals surface area contributed by atoms with Crippen molar-refractivity contribution in [2.24, 2.45) is 0 Å². The van der Waals surface area contributed by atoms with E-state index in [2.05, 4.69) is 32.9 Å². The molecule has 1 N–H and O–H groups in total. The number of anilines is 1. The number of nitrogens with one attached hydrogen (secondary N) is 1. The number of pyridine rings is 1. The topological polar surface area (TPSA) is 42.0 Å². The smallest absolute Gasteiger partial charge is 0.260 e. The van der Waals surface area contributed by atoms with Gasteiger partial charge >= 0.3 is 0 Å². The molecule has 0 spiro atoms. The van der Waals surface area contributed by atoms with Crippen molar-refractivity contribution in [2.45, 2.75) is 0 Å². The predicted molar refractivity (Wildman–Crippen MR) is 71.3 cm³/mol. The molecule has 2 rings (SSSR count). The molecule has 0 aliphatic rings. The fourth-order valence-corrected chi connectivity index (χ4v) is 1.65. The molecular formula is C12H8FIN2O. The quantitative estimate of drug-likeness (QED) is 0.673. The number of benzene rings is 1. The van der Waals surface area contributed by atoms with Gasteiger partial charge in [-0.05, 0) is 59.0 Å². The lowest BCUT2D eigenvalue weighted by atomic mass is 10.2. The lowest BCUT2D eigenvalue weighted by Crippen LogP contribution is -2.14. The summed E-state index contributed by atoms with van der Waals surface area (Å²) in [6.07, 6.45) is 1.30. The Bertz CT molecular complexity index is 542. The SMILES string of the molecule is O=C(Nc1ccc(I)cc1)c1cccnc1F. The second kappa shape index (κ2) is 5.22. The molecule has 3 nitrogen and oxygen atoms in total. The Kier molecular flexibility index (Phi) is 3.68. The maximum absolute atomic E-state index is 13.2. The molecule has 0 saturated carbocycles. The van der Waals surface area contributed by atoms with Crippen molar-refractivity contribution in [3.05, 3.63) is 57.7 Å². The van der Waals surface area contributed by atoms with Gasteiger partial charge in [0.1, 0.15) is 0 Å². The van der Waals surface area contributed by atoms with Crippen LogP contribution in [0.2, 0.25) is 0 Å². The highest BCUT2D eigenvalue weighted by Gasteiger charge is 2.11. The molecule has 1 aromatic carbocycles. The maximum atomic E-state index is 13.2. The molecule has 2 aromatic rings. The summed E-state index contributed by atoms with van der Waals surface area (Å²) < 4.78 is 14.3. The molecule has 0 aliphatic heterocycles. The molecule has 0 aliphatic carbocycles. The van der Waals surface area contributed by atoms with Gasteiger partial charge in [-0.15, -0.1) is 0 Å². The van der Waals surface area contributed by atoms with Crippen LogP contribution in [0.25, 0.3) is 0 Å². The van der Waals surface area contributed by atoms with E-state index >= 15 is 0 Å². The molecule has 0 fully saturated rings. The van der Waals surface area contributed by atoms with Crippen molar-refractivity contribution < 1.29 is 9.18 Å². The van der Waals surface area contributed by atoms with Crippen LogP contribution in [0, 0.1) is 9.52 Å². The molecule has 0 saturated heterocycles. The highest BCUT2D eigenvalue weighted by Crippen LogP contribution is 2.13. The van der Waals surface area contributed by atoms with Crippen molar-refractivity contribution in [1.82, 2.24) is 4.98 Å². The summed E-state index contributed by atoms with van der Waals surface area (Å²) in [7, 11) is 0. The lowest BCUT2D eigenvalue weighted by Gasteiger charge is -2.05. The third-order valence-corrected chi connectivity index (χ3v) is 2.82. The summed E-state index contributed by atoms with van der Waals surface area (Å²) in [5.74, 6) is -1.27. The highest BCUT2D eigenvalue weighted by atomic mass is 127. The molecular weight excluding hydrogens is 334 g/mol.